The van der Waals surface area contributed by atoms with Gasteiger partial charge in [0.1, 0.15) is 0 Å². The van der Waals surface area contributed by atoms with Crippen LogP contribution in [0.25, 0.3) is 0 Å². The summed E-state index contributed by atoms with van der Waals surface area (Å²) in [6.07, 6.45) is 17.6. The molecule has 0 spiro atoms. The van der Waals surface area contributed by atoms with Crippen molar-refractivity contribution in [2.75, 3.05) is 6.54 Å². The highest BCUT2D eigenvalue weighted by Gasteiger charge is 2.27. The number of hydrogen-bond acceptors (Lipinski definition) is 1. The van der Waals surface area contributed by atoms with Gasteiger partial charge in [-0.15, -0.1) is 0 Å². The van der Waals surface area contributed by atoms with Crippen LogP contribution in [0, 0.1) is 11.8 Å². The van der Waals surface area contributed by atoms with Crippen molar-refractivity contribution in [1.82, 2.24) is 5.32 Å². The fourth-order valence-corrected chi connectivity index (χ4v) is 3.55. The average Bonchev–Trinajstić information content (AvgIpc) is 3.05. The molecular formula is C17H33N. The van der Waals surface area contributed by atoms with Gasteiger partial charge in [-0.05, 0) is 37.6 Å². The third-order valence-electron chi connectivity index (χ3n) is 4.99. The quantitative estimate of drug-likeness (QED) is 0.544. The summed E-state index contributed by atoms with van der Waals surface area (Å²) in [4.78, 5) is 0. The Labute approximate surface area is 114 Å². The molecule has 1 N–H and O–H groups in total. The number of unbranched alkanes of at least 4 members (excludes halogenated alkanes) is 4. The summed E-state index contributed by atoms with van der Waals surface area (Å²) in [6.45, 7) is 3.63. The van der Waals surface area contributed by atoms with E-state index >= 15 is 0 Å². The molecule has 0 bridgehead atoms. The van der Waals surface area contributed by atoms with Crippen LogP contribution < -0.4 is 5.32 Å². The number of hydrogen-bond donors (Lipinski definition) is 1. The highest BCUT2D eigenvalue weighted by atomic mass is 14.9. The van der Waals surface area contributed by atoms with E-state index < -0.39 is 0 Å². The molecule has 18 heavy (non-hydrogen) atoms. The SMILES string of the molecule is CCCCCCCC(CNC1CC1)C1CCCC1. The third-order valence-corrected chi connectivity index (χ3v) is 4.99. The van der Waals surface area contributed by atoms with Crippen LogP contribution in [0.15, 0.2) is 0 Å². The summed E-state index contributed by atoms with van der Waals surface area (Å²) in [5, 5.41) is 3.79. The van der Waals surface area contributed by atoms with E-state index in [4.69, 9.17) is 0 Å². The highest BCUT2D eigenvalue weighted by Crippen LogP contribution is 2.34. The normalized spacial score (nSPS) is 22.5. The molecule has 1 atom stereocenters. The molecule has 1 heteroatoms. The van der Waals surface area contributed by atoms with Gasteiger partial charge in [-0.25, -0.2) is 0 Å². The molecule has 2 saturated carbocycles. The molecule has 2 aliphatic rings. The Balaban J connectivity index is 1.62. The molecule has 0 amide bonds. The second kappa shape index (κ2) is 8.19. The van der Waals surface area contributed by atoms with Crippen LogP contribution in [0.3, 0.4) is 0 Å². The summed E-state index contributed by atoms with van der Waals surface area (Å²) < 4.78 is 0. The van der Waals surface area contributed by atoms with Crippen molar-refractivity contribution in [2.24, 2.45) is 11.8 Å². The van der Waals surface area contributed by atoms with E-state index in [1.165, 1.54) is 83.6 Å². The molecule has 1 nitrogen and oxygen atoms in total. The van der Waals surface area contributed by atoms with Gasteiger partial charge in [-0.1, -0.05) is 64.7 Å². The van der Waals surface area contributed by atoms with Crippen molar-refractivity contribution in [2.45, 2.75) is 90.0 Å². The van der Waals surface area contributed by atoms with Crippen molar-refractivity contribution in [1.29, 1.82) is 0 Å². The van der Waals surface area contributed by atoms with Crippen molar-refractivity contribution in [3.63, 3.8) is 0 Å². The summed E-state index contributed by atoms with van der Waals surface area (Å²) in [6, 6.07) is 0.897. The van der Waals surface area contributed by atoms with Crippen LogP contribution in [0.4, 0.5) is 0 Å². The van der Waals surface area contributed by atoms with Gasteiger partial charge in [-0.2, -0.15) is 0 Å². The maximum Gasteiger partial charge on any atom is 0.00683 e. The molecule has 2 fully saturated rings. The first kappa shape index (κ1) is 14.4. The van der Waals surface area contributed by atoms with Crippen molar-refractivity contribution in [3.8, 4) is 0 Å². The Morgan fingerprint density at radius 1 is 0.944 bits per heavy atom. The monoisotopic (exact) mass is 251 g/mol. The third kappa shape index (κ3) is 5.30. The first-order valence-electron chi connectivity index (χ1n) is 8.63. The predicted octanol–water partition coefficient (Wildman–Crippen LogP) is 4.91. The lowest BCUT2D eigenvalue weighted by Crippen LogP contribution is -2.28. The van der Waals surface area contributed by atoms with Crippen LogP contribution in [-0.2, 0) is 0 Å². The summed E-state index contributed by atoms with van der Waals surface area (Å²) >= 11 is 0. The topological polar surface area (TPSA) is 12.0 Å². The van der Waals surface area contributed by atoms with Gasteiger partial charge in [0, 0.05) is 6.04 Å². The fourth-order valence-electron chi connectivity index (χ4n) is 3.55. The summed E-state index contributed by atoms with van der Waals surface area (Å²) in [5.74, 6) is 2.05. The summed E-state index contributed by atoms with van der Waals surface area (Å²) in [5.41, 5.74) is 0. The zero-order valence-corrected chi connectivity index (χ0v) is 12.4. The highest BCUT2D eigenvalue weighted by molar-refractivity contribution is 4.84. The van der Waals surface area contributed by atoms with Crippen LogP contribution in [0.2, 0.25) is 0 Å². The van der Waals surface area contributed by atoms with Gasteiger partial charge in [0.15, 0.2) is 0 Å². The van der Waals surface area contributed by atoms with Crippen LogP contribution in [0.5, 0.6) is 0 Å². The lowest BCUT2D eigenvalue weighted by molar-refractivity contribution is 0.294. The van der Waals surface area contributed by atoms with Crippen LogP contribution in [-0.4, -0.2) is 12.6 Å². The first-order chi connectivity index (χ1) is 8.90. The molecule has 0 saturated heterocycles. The van der Waals surface area contributed by atoms with Crippen molar-refractivity contribution >= 4 is 0 Å². The predicted molar refractivity (Wildman–Crippen MR) is 79.8 cm³/mol. The Kier molecular flexibility index (Phi) is 6.54. The lowest BCUT2D eigenvalue weighted by Gasteiger charge is -2.24. The molecule has 2 aliphatic carbocycles. The van der Waals surface area contributed by atoms with E-state index in [1.54, 1.807) is 0 Å². The zero-order valence-electron chi connectivity index (χ0n) is 12.4. The number of nitrogens with one attached hydrogen (secondary N) is 1. The van der Waals surface area contributed by atoms with Gasteiger partial charge < -0.3 is 5.32 Å². The minimum atomic E-state index is 0.897. The second-order valence-corrected chi connectivity index (χ2v) is 6.69. The van der Waals surface area contributed by atoms with Gasteiger partial charge in [0.05, 0.1) is 0 Å². The molecule has 1 unspecified atom stereocenters. The largest absolute Gasteiger partial charge is 0.314 e. The first-order valence-corrected chi connectivity index (χ1v) is 8.63. The standard InChI is InChI=1S/C17H33N/c1-2-3-4-5-6-11-16(14-18-17-12-13-17)15-9-7-8-10-15/h15-18H,2-14H2,1H3. The minimum Gasteiger partial charge on any atom is -0.314 e. The van der Waals surface area contributed by atoms with Crippen molar-refractivity contribution in [3.05, 3.63) is 0 Å². The fraction of sp³-hybridized carbons (Fsp3) is 1.00. The molecule has 0 radical (unpaired) electrons. The zero-order chi connectivity index (χ0) is 12.6. The van der Waals surface area contributed by atoms with Gasteiger partial charge >= 0.3 is 0 Å². The number of rotatable bonds is 10. The average molecular weight is 251 g/mol. The molecule has 2 rings (SSSR count). The second-order valence-electron chi connectivity index (χ2n) is 6.69. The molecule has 106 valence electrons. The maximum atomic E-state index is 3.79. The summed E-state index contributed by atoms with van der Waals surface area (Å²) in [7, 11) is 0. The van der Waals surface area contributed by atoms with Gasteiger partial charge in [0.2, 0.25) is 0 Å². The molecule has 0 aromatic heterocycles. The lowest BCUT2D eigenvalue weighted by atomic mass is 9.86. The van der Waals surface area contributed by atoms with Gasteiger partial charge in [-0.3, -0.25) is 0 Å². The van der Waals surface area contributed by atoms with Crippen LogP contribution in [0.1, 0.15) is 84.0 Å². The molecule has 0 heterocycles. The minimum absolute atomic E-state index is 0.897. The van der Waals surface area contributed by atoms with E-state index in [0.29, 0.717) is 0 Å². The van der Waals surface area contributed by atoms with E-state index in [1.807, 2.05) is 0 Å². The Morgan fingerprint density at radius 2 is 1.67 bits per heavy atom. The Hall–Kier alpha value is -0.0400. The van der Waals surface area contributed by atoms with Crippen molar-refractivity contribution < 1.29 is 0 Å². The van der Waals surface area contributed by atoms with E-state index in [-0.39, 0.29) is 0 Å². The molecular weight excluding hydrogens is 218 g/mol. The molecule has 0 aromatic rings. The van der Waals surface area contributed by atoms with Crippen LogP contribution >= 0.6 is 0 Å². The smallest absolute Gasteiger partial charge is 0.00683 e. The Morgan fingerprint density at radius 3 is 2.33 bits per heavy atom. The van der Waals surface area contributed by atoms with Gasteiger partial charge in [0.25, 0.3) is 0 Å². The van der Waals surface area contributed by atoms with E-state index in [9.17, 15) is 0 Å². The molecule has 0 aromatic carbocycles. The van der Waals surface area contributed by atoms with E-state index in [2.05, 4.69) is 12.2 Å². The van der Waals surface area contributed by atoms with E-state index in [0.717, 1.165) is 17.9 Å². The Bertz CT molecular complexity index is 204. The maximum absolute atomic E-state index is 3.79. The molecule has 0 aliphatic heterocycles.